The summed E-state index contributed by atoms with van der Waals surface area (Å²) in [5, 5.41) is 6.97. The largest absolute Gasteiger partial charge is 0.509 e. The van der Waals surface area contributed by atoms with Gasteiger partial charge in [-0.2, -0.15) is 13.2 Å². The van der Waals surface area contributed by atoms with E-state index < -0.39 is 48.0 Å². The number of halogens is 4. The molecule has 9 nitrogen and oxygen atoms in total. The Labute approximate surface area is 165 Å². The third-order valence-corrected chi connectivity index (χ3v) is 3.83. The highest BCUT2D eigenvalue weighted by atomic mass is 35.5. The smallest absolute Gasteiger partial charge is 0.453 e. The van der Waals surface area contributed by atoms with Gasteiger partial charge in [-0.05, 0) is 20.4 Å². The van der Waals surface area contributed by atoms with Crippen LogP contribution in [-0.4, -0.2) is 69.3 Å². The Balaban J connectivity index is 5.24. The number of rotatable bonds is 10. The van der Waals surface area contributed by atoms with Crippen molar-refractivity contribution in [1.29, 1.82) is 0 Å². The first-order chi connectivity index (χ1) is 12.9. The summed E-state index contributed by atoms with van der Waals surface area (Å²) >= 11 is 5.24. The highest BCUT2D eigenvalue weighted by Gasteiger charge is 2.55. The van der Waals surface area contributed by atoms with Crippen LogP contribution in [-0.2, 0) is 19.0 Å². The van der Waals surface area contributed by atoms with Crippen LogP contribution in [0.2, 0.25) is 0 Å². The zero-order chi connectivity index (χ0) is 22.0. The summed E-state index contributed by atoms with van der Waals surface area (Å²) in [4.78, 5) is 35.2. The van der Waals surface area contributed by atoms with E-state index in [1.165, 1.54) is 0 Å². The number of hydrogen-bond donors (Lipinski definition) is 3. The second-order valence-electron chi connectivity index (χ2n) is 6.08. The Morgan fingerprint density at radius 1 is 1.14 bits per heavy atom. The van der Waals surface area contributed by atoms with Crippen molar-refractivity contribution >= 4 is 29.8 Å². The molecule has 0 saturated heterocycles. The van der Waals surface area contributed by atoms with Crippen LogP contribution < -0.4 is 16.0 Å². The van der Waals surface area contributed by atoms with Crippen molar-refractivity contribution in [3.63, 3.8) is 0 Å². The fourth-order valence-electron chi connectivity index (χ4n) is 1.91. The van der Waals surface area contributed by atoms with Gasteiger partial charge in [0.25, 0.3) is 0 Å². The second-order valence-corrected chi connectivity index (χ2v) is 6.30. The van der Waals surface area contributed by atoms with Gasteiger partial charge >= 0.3 is 18.4 Å². The van der Waals surface area contributed by atoms with Gasteiger partial charge < -0.3 is 30.2 Å². The number of carbonyl (C=O) groups excluding carboxylic acids is 3. The molecular formula is C15H25ClF3N3O6. The summed E-state index contributed by atoms with van der Waals surface area (Å²) in [6, 6.07) is -2.45. The van der Waals surface area contributed by atoms with Gasteiger partial charge in [-0.3, -0.25) is 4.79 Å². The second kappa shape index (κ2) is 11.8. The van der Waals surface area contributed by atoms with E-state index >= 15 is 0 Å². The van der Waals surface area contributed by atoms with Crippen molar-refractivity contribution in [2.75, 3.05) is 32.8 Å². The summed E-state index contributed by atoms with van der Waals surface area (Å²) in [7, 11) is 0.952. The predicted octanol–water partition coefficient (Wildman–Crippen LogP) is 1.74. The minimum absolute atomic E-state index is 0.0892. The minimum Gasteiger partial charge on any atom is -0.453 e. The third-order valence-electron chi connectivity index (χ3n) is 3.72. The maximum atomic E-state index is 13.3. The number of nitrogens with one attached hydrogen (secondary N) is 3. The Bertz CT molecular complexity index is 534. The van der Waals surface area contributed by atoms with Crippen LogP contribution in [0.1, 0.15) is 20.8 Å². The maximum Gasteiger partial charge on any atom is 0.509 e. The lowest BCUT2D eigenvalue weighted by molar-refractivity contribution is -0.220. The lowest BCUT2D eigenvalue weighted by atomic mass is 9.83. The van der Waals surface area contributed by atoms with Crippen LogP contribution in [0, 0.1) is 5.41 Å². The van der Waals surface area contributed by atoms with Crippen molar-refractivity contribution < 1.29 is 41.8 Å². The molecule has 13 heteroatoms. The van der Waals surface area contributed by atoms with Crippen molar-refractivity contribution in [2.45, 2.75) is 39.1 Å². The molecule has 0 rings (SSSR count). The number of hydrogen-bond acceptors (Lipinski definition) is 7. The molecule has 164 valence electrons. The summed E-state index contributed by atoms with van der Waals surface area (Å²) in [5.41, 5.74) is -2.61. The summed E-state index contributed by atoms with van der Waals surface area (Å²) < 4.78 is 53.6. The molecule has 0 bridgehead atoms. The van der Waals surface area contributed by atoms with Crippen LogP contribution >= 0.6 is 11.6 Å². The van der Waals surface area contributed by atoms with E-state index in [9.17, 15) is 27.6 Å². The molecule has 0 aromatic rings. The van der Waals surface area contributed by atoms with Gasteiger partial charge in [0.15, 0.2) is 6.07 Å². The van der Waals surface area contributed by atoms with E-state index in [0.29, 0.717) is 6.54 Å². The third kappa shape index (κ3) is 8.38. The zero-order valence-electron chi connectivity index (χ0n) is 15.9. The quantitative estimate of drug-likeness (QED) is 0.353. The molecule has 2 atom stereocenters. The molecule has 0 aliphatic rings. The SMILES string of the molecule is CCNC[C@@H](CNC(=O)[C@@H](NC(=O)OC)C(C)(C)C(F)(F)F)OC(=O)OCCl. The first-order valence-corrected chi connectivity index (χ1v) is 8.73. The average Bonchev–Trinajstić information content (AvgIpc) is 2.60. The van der Waals surface area contributed by atoms with Gasteiger partial charge in [-0.15, -0.1) is 0 Å². The molecule has 0 fully saturated rings. The van der Waals surface area contributed by atoms with Crippen molar-refractivity contribution in [3.05, 3.63) is 0 Å². The van der Waals surface area contributed by atoms with Crippen LogP contribution in [0.3, 0.4) is 0 Å². The number of likely N-dealkylation sites (N-methyl/N-ethyl adjacent to an activating group) is 1. The van der Waals surface area contributed by atoms with Crippen LogP contribution in [0.4, 0.5) is 22.8 Å². The summed E-state index contributed by atoms with van der Waals surface area (Å²) in [6.45, 7) is 3.55. The van der Waals surface area contributed by atoms with Gasteiger partial charge in [0.2, 0.25) is 5.91 Å². The Morgan fingerprint density at radius 3 is 2.21 bits per heavy atom. The lowest BCUT2D eigenvalue weighted by Gasteiger charge is -2.35. The van der Waals surface area contributed by atoms with E-state index in [1.54, 1.807) is 6.92 Å². The number of alkyl halides is 4. The lowest BCUT2D eigenvalue weighted by Crippen LogP contribution is -2.60. The van der Waals surface area contributed by atoms with Crippen LogP contribution in [0.5, 0.6) is 0 Å². The van der Waals surface area contributed by atoms with Gasteiger partial charge in [-0.1, -0.05) is 18.5 Å². The topological polar surface area (TPSA) is 115 Å². The van der Waals surface area contributed by atoms with E-state index in [1.807, 2.05) is 5.32 Å². The highest BCUT2D eigenvalue weighted by molar-refractivity contribution is 6.17. The number of methoxy groups -OCH3 is 1. The first kappa shape index (κ1) is 26.1. The van der Waals surface area contributed by atoms with Gasteiger partial charge in [-0.25, -0.2) is 9.59 Å². The summed E-state index contributed by atoms with van der Waals surface area (Å²) in [5.74, 6) is -1.14. The monoisotopic (exact) mass is 435 g/mol. The fraction of sp³-hybridized carbons (Fsp3) is 0.800. The average molecular weight is 436 g/mol. The molecule has 0 aliphatic carbocycles. The predicted molar refractivity (Wildman–Crippen MR) is 92.8 cm³/mol. The normalized spacial score (nSPS) is 13.9. The van der Waals surface area contributed by atoms with E-state index in [0.717, 1.165) is 21.0 Å². The highest BCUT2D eigenvalue weighted by Crippen LogP contribution is 2.40. The van der Waals surface area contributed by atoms with Gasteiger partial charge in [0.1, 0.15) is 12.1 Å². The van der Waals surface area contributed by atoms with Crippen LogP contribution in [0.15, 0.2) is 0 Å². The van der Waals surface area contributed by atoms with Gasteiger partial charge in [0.05, 0.1) is 19.1 Å². The van der Waals surface area contributed by atoms with E-state index in [4.69, 9.17) is 16.3 Å². The molecule has 28 heavy (non-hydrogen) atoms. The molecular weight excluding hydrogens is 411 g/mol. The molecule has 3 N–H and O–H groups in total. The molecule has 2 amide bonds. The number of amides is 2. The van der Waals surface area contributed by atoms with Crippen LogP contribution in [0.25, 0.3) is 0 Å². The Morgan fingerprint density at radius 2 is 1.75 bits per heavy atom. The minimum atomic E-state index is -4.81. The number of carbonyl (C=O) groups is 3. The fourth-order valence-corrected chi connectivity index (χ4v) is 2.00. The van der Waals surface area contributed by atoms with Crippen molar-refractivity contribution in [2.24, 2.45) is 5.41 Å². The number of alkyl carbamates (subject to hydrolysis) is 1. The van der Waals surface area contributed by atoms with Crippen molar-refractivity contribution in [3.8, 4) is 0 Å². The maximum absolute atomic E-state index is 13.3. The molecule has 0 aromatic heterocycles. The molecule has 0 radical (unpaired) electrons. The number of ether oxygens (including phenoxy) is 3. The molecule has 0 aromatic carbocycles. The summed E-state index contributed by atoms with van der Waals surface area (Å²) in [6.07, 6.45) is -8.07. The molecule has 0 heterocycles. The molecule has 0 aliphatic heterocycles. The molecule has 0 spiro atoms. The van der Waals surface area contributed by atoms with E-state index in [-0.39, 0.29) is 13.1 Å². The van der Waals surface area contributed by atoms with E-state index in [2.05, 4.69) is 20.1 Å². The zero-order valence-corrected chi connectivity index (χ0v) is 16.7. The Kier molecular flexibility index (Phi) is 11.0. The molecule has 0 unspecified atom stereocenters. The standard InChI is InChI=1S/C15H25ClF3N3O6/c1-5-20-6-9(28-13(25)27-8-16)7-21-11(23)10(22-12(24)26-4)14(2,3)15(17,18)19/h9-10,20H,5-8H2,1-4H3,(H,21,23)(H,22,24)/t9-,10+/m0/s1. The molecule has 0 saturated carbocycles. The van der Waals surface area contributed by atoms with Gasteiger partial charge in [0, 0.05) is 6.54 Å². The Hall–Kier alpha value is -1.95. The first-order valence-electron chi connectivity index (χ1n) is 8.19. The van der Waals surface area contributed by atoms with Crippen molar-refractivity contribution in [1.82, 2.24) is 16.0 Å².